The number of fused-ring (bicyclic) bond motifs is 1. The van der Waals surface area contributed by atoms with Crippen LogP contribution in [0.15, 0.2) is 48.7 Å². The molecule has 0 spiro atoms. The lowest BCUT2D eigenvalue weighted by Crippen LogP contribution is -2.02. The molecule has 0 bridgehead atoms. The SMILES string of the molecule is C/C=C/[C@@H](C=O)CCCn1ccc2ccccc21. The third kappa shape index (κ3) is 2.89. The Morgan fingerprint density at radius 1 is 1.28 bits per heavy atom. The minimum atomic E-state index is 0.0665. The molecule has 2 nitrogen and oxygen atoms in total. The third-order valence-corrected chi connectivity index (χ3v) is 3.23. The molecule has 0 N–H and O–H groups in total. The lowest BCUT2D eigenvalue weighted by Gasteiger charge is -2.07. The predicted octanol–water partition coefficient (Wildman–Crippen LogP) is 3.81. The van der Waals surface area contributed by atoms with E-state index in [1.807, 2.05) is 19.1 Å². The van der Waals surface area contributed by atoms with Gasteiger partial charge < -0.3 is 9.36 Å². The summed E-state index contributed by atoms with van der Waals surface area (Å²) in [6.45, 7) is 2.92. The van der Waals surface area contributed by atoms with Crippen molar-refractivity contribution in [2.75, 3.05) is 0 Å². The maximum Gasteiger partial charge on any atom is 0.126 e. The van der Waals surface area contributed by atoms with Crippen LogP contribution in [0.4, 0.5) is 0 Å². The van der Waals surface area contributed by atoms with Gasteiger partial charge in [0.25, 0.3) is 0 Å². The normalized spacial score (nSPS) is 13.2. The Bertz CT molecular complexity index is 539. The van der Waals surface area contributed by atoms with Crippen molar-refractivity contribution in [1.29, 1.82) is 0 Å². The second-order valence-corrected chi connectivity index (χ2v) is 4.54. The first-order valence-electron chi connectivity index (χ1n) is 6.47. The second-order valence-electron chi connectivity index (χ2n) is 4.54. The molecule has 1 aromatic carbocycles. The Morgan fingerprint density at radius 3 is 2.89 bits per heavy atom. The molecule has 18 heavy (non-hydrogen) atoms. The van der Waals surface area contributed by atoms with Gasteiger partial charge in [-0.05, 0) is 37.3 Å². The molecule has 0 saturated carbocycles. The van der Waals surface area contributed by atoms with Crippen LogP contribution in [0.3, 0.4) is 0 Å². The Labute approximate surface area is 108 Å². The number of aryl methyl sites for hydroxylation is 1. The van der Waals surface area contributed by atoms with Gasteiger partial charge in [0, 0.05) is 24.2 Å². The summed E-state index contributed by atoms with van der Waals surface area (Å²) < 4.78 is 2.26. The maximum atomic E-state index is 10.8. The Morgan fingerprint density at radius 2 is 2.11 bits per heavy atom. The molecule has 0 aliphatic heterocycles. The molecular weight excluding hydrogens is 222 g/mol. The number of benzene rings is 1. The van der Waals surface area contributed by atoms with Crippen LogP contribution in [0.1, 0.15) is 19.8 Å². The molecule has 0 unspecified atom stereocenters. The van der Waals surface area contributed by atoms with Crippen LogP contribution >= 0.6 is 0 Å². The zero-order valence-electron chi connectivity index (χ0n) is 10.8. The summed E-state index contributed by atoms with van der Waals surface area (Å²) in [5, 5.41) is 1.28. The number of aldehydes is 1. The summed E-state index contributed by atoms with van der Waals surface area (Å²) in [4.78, 5) is 10.8. The average Bonchev–Trinajstić information content (AvgIpc) is 2.81. The monoisotopic (exact) mass is 241 g/mol. The van der Waals surface area contributed by atoms with Gasteiger partial charge in [0.05, 0.1) is 0 Å². The van der Waals surface area contributed by atoms with Crippen molar-refractivity contribution < 1.29 is 4.79 Å². The summed E-state index contributed by atoms with van der Waals surface area (Å²) in [6, 6.07) is 10.5. The number of carbonyl (C=O) groups is 1. The molecule has 94 valence electrons. The number of hydrogen-bond acceptors (Lipinski definition) is 1. The van der Waals surface area contributed by atoms with E-state index in [0.717, 1.165) is 25.7 Å². The molecule has 0 aliphatic carbocycles. The zero-order valence-corrected chi connectivity index (χ0v) is 10.8. The van der Waals surface area contributed by atoms with Crippen molar-refractivity contribution in [3.63, 3.8) is 0 Å². The van der Waals surface area contributed by atoms with Gasteiger partial charge in [-0.2, -0.15) is 0 Å². The minimum absolute atomic E-state index is 0.0665. The number of rotatable bonds is 6. The Kier molecular flexibility index (Phi) is 4.35. The summed E-state index contributed by atoms with van der Waals surface area (Å²) in [7, 11) is 0. The van der Waals surface area contributed by atoms with Gasteiger partial charge in [-0.1, -0.05) is 30.4 Å². The van der Waals surface area contributed by atoms with Crippen LogP contribution in [-0.2, 0) is 11.3 Å². The van der Waals surface area contributed by atoms with Crippen LogP contribution in [0.5, 0.6) is 0 Å². The van der Waals surface area contributed by atoms with E-state index in [9.17, 15) is 4.79 Å². The van der Waals surface area contributed by atoms with E-state index in [4.69, 9.17) is 0 Å². The van der Waals surface area contributed by atoms with Crippen LogP contribution in [-0.4, -0.2) is 10.9 Å². The molecule has 1 atom stereocenters. The van der Waals surface area contributed by atoms with Crippen LogP contribution in [0.2, 0.25) is 0 Å². The summed E-state index contributed by atoms with van der Waals surface area (Å²) >= 11 is 0. The van der Waals surface area contributed by atoms with E-state index >= 15 is 0 Å². The molecule has 0 saturated heterocycles. The first-order chi connectivity index (χ1) is 8.85. The van der Waals surface area contributed by atoms with Crippen molar-refractivity contribution in [2.24, 2.45) is 5.92 Å². The molecule has 0 amide bonds. The van der Waals surface area contributed by atoms with Gasteiger partial charge in [-0.15, -0.1) is 0 Å². The van der Waals surface area contributed by atoms with Crippen molar-refractivity contribution >= 4 is 17.2 Å². The molecule has 2 aromatic rings. The molecular formula is C16H19NO. The fraction of sp³-hybridized carbons (Fsp3) is 0.312. The molecule has 1 heterocycles. The van der Waals surface area contributed by atoms with Crippen molar-refractivity contribution in [3.8, 4) is 0 Å². The number of allylic oxidation sites excluding steroid dienone is 2. The van der Waals surface area contributed by atoms with Gasteiger partial charge in [0.15, 0.2) is 0 Å². The Balaban J connectivity index is 1.96. The number of aromatic nitrogens is 1. The zero-order chi connectivity index (χ0) is 12.8. The first-order valence-corrected chi connectivity index (χ1v) is 6.47. The summed E-state index contributed by atoms with van der Waals surface area (Å²) in [5.41, 5.74) is 1.27. The van der Waals surface area contributed by atoms with Gasteiger partial charge in [-0.25, -0.2) is 0 Å². The third-order valence-electron chi connectivity index (χ3n) is 3.23. The van der Waals surface area contributed by atoms with Crippen LogP contribution < -0.4 is 0 Å². The smallest absolute Gasteiger partial charge is 0.126 e. The quantitative estimate of drug-likeness (QED) is 0.556. The standard InChI is InChI=1S/C16H19NO/c1-2-6-14(13-18)7-5-11-17-12-10-15-8-3-4-9-16(15)17/h2-4,6,8-10,12-14H,5,7,11H2,1H3/b6-2+/t14-/m1/s1. The van der Waals surface area contributed by atoms with E-state index in [1.54, 1.807) is 0 Å². The largest absolute Gasteiger partial charge is 0.347 e. The number of nitrogens with zero attached hydrogens (tertiary/aromatic N) is 1. The topological polar surface area (TPSA) is 22.0 Å². The maximum absolute atomic E-state index is 10.8. The molecule has 0 radical (unpaired) electrons. The fourth-order valence-corrected chi connectivity index (χ4v) is 2.29. The van der Waals surface area contributed by atoms with Gasteiger partial charge in [0.1, 0.15) is 6.29 Å². The lowest BCUT2D eigenvalue weighted by molar-refractivity contribution is -0.110. The van der Waals surface area contributed by atoms with E-state index in [1.165, 1.54) is 10.9 Å². The lowest BCUT2D eigenvalue weighted by atomic mass is 10.0. The van der Waals surface area contributed by atoms with E-state index in [2.05, 4.69) is 41.1 Å². The highest BCUT2D eigenvalue weighted by Crippen LogP contribution is 2.16. The highest BCUT2D eigenvalue weighted by molar-refractivity contribution is 5.79. The molecule has 0 fully saturated rings. The van der Waals surface area contributed by atoms with Crippen molar-refractivity contribution in [3.05, 3.63) is 48.7 Å². The number of hydrogen-bond donors (Lipinski definition) is 0. The van der Waals surface area contributed by atoms with E-state index < -0.39 is 0 Å². The van der Waals surface area contributed by atoms with Crippen LogP contribution in [0, 0.1) is 5.92 Å². The predicted molar refractivity (Wildman–Crippen MR) is 75.5 cm³/mol. The number of carbonyl (C=O) groups excluding carboxylic acids is 1. The van der Waals surface area contributed by atoms with Crippen molar-refractivity contribution in [2.45, 2.75) is 26.3 Å². The Hall–Kier alpha value is -1.83. The average molecular weight is 241 g/mol. The fourth-order valence-electron chi connectivity index (χ4n) is 2.29. The summed E-state index contributed by atoms with van der Waals surface area (Å²) in [6.07, 6.45) is 9.02. The second kappa shape index (κ2) is 6.20. The van der Waals surface area contributed by atoms with E-state index in [0.29, 0.717) is 0 Å². The highest BCUT2D eigenvalue weighted by Gasteiger charge is 2.03. The van der Waals surface area contributed by atoms with Gasteiger partial charge >= 0.3 is 0 Å². The van der Waals surface area contributed by atoms with Gasteiger partial charge in [-0.3, -0.25) is 0 Å². The van der Waals surface area contributed by atoms with Gasteiger partial charge in [0.2, 0.25) is 0 Å². The highest BCUT2D eigenvalue weighted by atomic mass is 16.1. The number of para-hydroxylation sites is 1. The van der Waals surface area contributed by atoms with Crippen molar-refractivity contribution in [1.82, 2.24) is 4.57 Å². The summed E-state index contributed by atoms with van der Waals surface area (Å²) in [5.74, 6) is 0.0665. The molecule has 2 rings (SSSR count). The first kappa shape index (κ1) is 12.6. The molecule has 1 aromatic heterocycles. The molecule has 0 aliphatic rings. The molecule has 2 heteroatoms. The van der Waals surface area contributed by atoms with E-state index in [-0.39, 0.29) is 5.92 Å². The minimum Gasteiger partial charge on any atom is -0.347 e. The van der Waals surface area contributed by atoms with Crippen LogP contribution in [0.25, 0.3) is 10.9 Å².